The lowest BCUT2D eigenvalue weighted by Crippen LogP contribution is -2.31. The van der Waals surface area contributed by atoms with E-state index in [-0.39, 0.29) is 18.4 Å². The van der Waals surface area contributed by atoms with Gasteiger partial charge in [-0.15, -0.1) is 0 Å². The lowest BCUT2D eigenvalue weighted by Gasteiger charge is -2.19. The number of amides is 2. The molecule has 0 aliphatic carbocycles. The number of anilines is 1. The molecule has 130 valence electrons. The van der Waals surface area contributed by atoms with E-state index in [1.54, 1.807) is 41.4 Å². The van der Waals surface area contributed by atoms with Gasteiger partial charge in [-0.3, -0.25) is 14.6 Å². The van der Waals surface area contributed by atoms with Gasteiger partial charge in [0, 0.05) is 50.7 Å². The summed E-state index contributed by atoms with van der Waals surface area (Å²) in [4.78, 5) is 31.5. The maximum atomic E-state index is 12.2. The third-order valence-electron chi connectivity index (χ3n) is 4.13. The number of nitrogens with zero attached hydrogens (tertiary/aromatic N) is 3. The standard InChI is InChI=1S/C19H21N3O3/c1-21(13-15-5-3-9-20-12-15)19(24)14-25-17-7-2-6-16(11-17)22-10-4-8-18(22)23/h2-3,5-7,9,11-12H,4,8,10,13-14H2,1H3. The number of ether oxygens (including phenoxy) is 1. The number of hydrogen-bond acceptors (Lipinski definition) is 4. The molecule has 2 heterocycles. The van der Waals surface area contributed by atoms with Crippen molar-refractivity contribution in [3.05, 3.63) is 54.4 Å². The van der Waals surface area contributed by atoms with Gasteiger partial charge in [-0.25, -0.2) is 0 Å². The first-order valence-electron chi connectivity index (χ1n) is 8.29. The Labute approximate surface area is 147 Å². The summed E-state index contributed by atoms with van der Waals surface area (Å²) in [6.07, 6.45) is 4.90. The summed E-state index contributed by atoms with van der Waals surface area (Å²) in [5, 5.41) is 0. The Bertz CT molecular complexity index is 749. The van der Waals surface area contributed by atoms with Crippen LogP contribution in [0.2, 0.25) is 0 Å². The Kier molecular flexibility index (Phi) is 5.28. The molecule has 0 saturated carbocycles. The van der Waals surface area contributed by atoms with Gasteiger partial charge in [0.15, 0.2) is 6.61 Å². The molecule has 0 spiro atoms. The topological polar surface area (TPSA) is 62.7 Å². The monoisotopic (exact) mass is 339 g/mol. The Morgan fingerprint density at radius 3 is 2.92 bits per heavy atom. The fourth-order valence-electron chi connectivity index (χ4n) is 2.77. The van der Waals surface area contributed by atoms with Crippen LogP contribution in [0, 0.1) is 0 Å². The molecule has 6 nitrogen and oxygen atoms in total. The van der Waals surface area contributed by atoms with E-state index in [2.05, 4.69) is 4.98 Å². The van der Waals surface area contributed by atoms with E-state index in [9.17, 15) is 9.59 Å². The molecule has 3 rings (SSSR count). The number of aromatic nitrogens is 1. The second-order valence-electron chi connectivity index (χ2n) is 6.05. The third kappa shape index (κ3) is 4.35. The number of carbonyl (C=O) groups excluding carboxylic acids is 2. The second-order valence-corrected chi connectivity index (χ2v) is 6.05. The van der Waals surface area contributed by atoms with Gasteiger partial charge in [0.25, 0.3) is 5.91 Å². The number of likely N-dealkylation sites (N-methyl/N-ethyl adjacent to an activating group) is 1. The molecule has 2 aromatic rings. The Morgan fingerprint density at radius 2 is 2.20 bits per heavy atom. The molecule has 0 unspecified atom stereocenters. The van der Waals surface area contributed by atoms with E-state index in [0.29, 0.717) is 18.7 Å². The van der Waals surface area contributed by atoms with Crippen LogP contribution in [0.4, 0.5) is 5.69 Å². The van der Waals surface area contributed by atoms with Gasteiger partial charge in [0.05, 0.1) is 0 Å². The molecule has 1 aliphatic rings. The van der Waals surface area contributed by atoms with Crippen molar-refractivity contribution in [1.82, 2.24) is 9.88 Å². The number of benzene rings is 1. The maximum Gasteiger partial charge on any atom is 0.260 e. The van der Waals surface area contributed by atoms with Gasteiger partial charge >= 0.3 is 0 Å². The molecule has 1 aromatic heterocycles. The van der Waals surface area contributed by atoms with Gasteiger partial charge in [-0.05, 0) is 30.2 Å². The SMILES string of the molecule is CN(Cc1cccnc1)C(=O)COc1cccc(N2CCCC2=O)c1. The third-order valence-corrected chi connectivity index (χ3v) is 4.13. The summed E-state index contributed by atoms with van der Waals surface area (Å²) < 4.78 is 5.62. The second kappa shape index (κ2) is 7.79. The molecule has 0 bridgehead atoms. The highest BCUT2D eigenvalue weighted by molar-refractivity contribution is 5.95. The number of pyridine rings is 1. The first-order chi connectivity index (χ1) is 12.1. The van der Waals surface area contributed by atoms with Crippen LogP contribution >= 0.6 is 0 Å². The van der Waals surface area contributed by atoms with Crippen molar-refractivity contribution in [2.75, 3.05) is 25.1 Å². The van der Waals surface area contributed by atoms with Crippen molar-refractivity contribution < 1.29 is 14.3 Å². The first-order valence-corrected chi connectivity index (χ1v) is 8.29. The summed E-state index contributed by atoms with van der Waals surface area (Å²) in [5.74, 6) is 0.594. The lowest BCUT2D eigenvalue weighted by atomic mass is 10.2. The molecular weight excluding hydrogens is 318 g/mol. The molecule has 0 N–H and O–H groups in total. The molecule has 1 saturated heterocycles. The summed E-state index contributed by atoms with van der Waals surface area (Å²) in [6, 6.07) is 11.1. The summed E-state index contributed by atoms with van der Waals surface area (Å²) >= 11 is 0. The quantitative estimate of drug-likeness (QED) is 0.810. The van der Waals surface area contributed by atoms with E-state index in [4.69, 9.17) is 4.74 Å². The largest absolute Gasteiger partial charge is 0.484 e. The van der Waals surface area contributed by atoms with E-state index >= 15 is 0 Å². The van der Waals surface area contributed by atoms with Gasteiger partial charge in [0.2, 0.25) is 5.91 Å². The molecule has 0 radical (unpaired) electrons. The van der Waals surface area contributed by atoms with Gasteiger partial charge in [0.1, 0.15) is 5.75 Å². The highest BCUT2D eigenvalue weighted by Crippen LogP contribution is 2.25. The van der Waals surface area contributed by atoms with E-state index in [1.807, 2.05) is 24.3 Å². The van der Waals surface area contributed by atoms with Crippen molar-refractivity contribution >= 4 is 17.5 Å². The van der Waals surface area contributed by atoms with Crippen LogP contribution in [0.5, 0.6) is 5.75 Å². The molecule has 1 aromatic carbocycles. The van der Waals surface area contributed by atoms with Crippen LogP contribution in [0.3, 0.4) is 0 Å². The minimum atomic E-state index is -0.119. The normalized spacial score (nSPS) is 13.8. The number of rotatable bonds is 6. The van der Waals surface area contributed by atoms with Crippen LogP contribution in [0.15, 0.2) is 48.8 Å². The van der Waals surface area contributed by atoms with Gasteiger partial charge in [-0.1, -0.05) is 12.1 Å². The van der Waals surface area contributed by atoms with E-state index < -0.39 is 0 Å². The lowest BCUT2D eigenvalue weighted by molar-refractivity contribution is -0.132. The van der Waals surface area contributed by atoms with Crippen LogP contribution < -0.4 is 9.64 Å². The van der Waals surface area contributed by atoms with Crippen LogP contribution in [-0.2, 0) is 16.1 Å². The Hall–Kier alpha value is -2.89. The number of carbonyl (C=O) groups is 2. The van der Waals surface area contributed by atoms with Crippen LogP contribution in [0.25, 0.3) is 0 Å². The molecule has 2 amide bonds. The number of hydrogen-bond donors (Lipinski definition) is 0. The fraction of sp³-hybridized carbons (Fsp3) is 0.316. The van der Waals surface area contributed by atoms with Crippen molar-refractivity contribution in [3.63, 3.8) is 0 Å². The average Bonchev–Trinajstić information content (AvgIpc) is 3.07. The molecule has 6 heteroatoms. The maximum absolute atomic E-state index is 12.2. The molecular formula is C19H21N3O3. The van der Waals surface area contributed by atoms with Crippen molar-refractivity contribution in [1.29, 1.82) is 0 Å². The predicted molar refractivity (Wildman–Crippen MR) is 94.2 cm³/mol. The van der Waals surface area contributed by atoms with Crippen LogP contribution in [-0.4, -0.2) is 41.9 Å². The van der Waals surface area contributed by atoms with Crippen LogP contribution in [0.1, 0.15) is 18.4 Å². The zero-order valence-electron chi connectivity index (χ0n) is 14.2. The predicted octanol–water partition coefficient (Wildman–Crippen LogP) is 2.25. The van der Waals surface area contributed by atoms with Crippen molar-refractivity contribution in [3.8, 4) is 5.75 Å². The Morgan fingerprint density at radius 1 is 1.32 bits per heavy atom. The molecule has 25 heavy (non-hydrogen) atoms. The fourth-order valence-corrected chi connectivity index (χ4v) is 2.77. The molecule has 1 aliphatic heterocycles. The minimum absolute atomic E-state index is 0.0475. The first kappa shape index (κ1) is 17.0. The Balaban J connectivity index is 1.56. The minimum Gasteiger partial charge on any atom is -0.484 e. The average molecular weight is 339 g/mol. The summed E-state index contributed by atoms with van der Waals surface area (Å²) in [7, 11) is 1.73. The smallest absolute Gasteiger partial charge is 0.260 e. The summed E-state index contributed by atoms with van der Waals surface area (Å²) in [5.41, 5.74) is 1.78. The van der Waals surface area contributed by atoms with Gasteiger partial charge < -0.3 is 14.5 Å². The molecule has 1 fully saturated rings. The zero-order valence-corrected chi connectivity index (χ0v) is 14.2. The summed E-state index contributed by atoms with van der Waals surface area (Å²) in [6.45, 7) is 1.17. The zero-order chi connectivity index (χ0) is 17.6. The van der Waals surface area contributed by atoms with Crippen molar-refractivity contribution in [2.24, 2.45) is 0 Å². The van der Waals surface area contributed by atoms with E-state index in [0.717, 1.165) is 24.2 Å². The highest BCUT2D eigenvalue weighted by atomic mass is 16.5. The van der Waals surface area contributed by atoms with Crippen molar-refractivity contribution in [2.45, 2.75) is 19.4 Å². The highest BCUT2D eigenvalue weighted by Gasteiger charge is 2.22. The van der Waals surface area contributed by atoms with Gasteiger partial charge in [-0.2, -0.15) is 0 Å². The van der Waals surface area contributed by atoms with E-state index in [1.165, 1.54) is 0 Å². The molecule has 0 atom stereocenters.